The van der Waals surface area contributed by atoms with Crippen molar-refractivity contribution in [3.63, 3.8) is 0 Å². The first-order valence-corrected chi connectivity index (χ1v) is 10.7. The summed E-state index contributed by atoms with van der Waals surface area (Å²) in [5, 5.41) is 2.51. The molecule has 1 aromatic carbocycles. The minimum absolute atomic E-state index is 0.0294. The van der Waals surface area contributed by atoms with E-state index >= 15 is 4.39 Å². The lowest BCUT2D eigenvalue weighted by atomic mass is 9.94. The van der Waals surface area contributed by atoms with Crippen LogP contribution in [0.25, 0.3) is 0 Å². The van der Waals surface area contributed by atoms with E-state index in [4.69, 9.17) is 4.74 Å². The highest BCUT2D eigenvalue weighted by Crippen LogP contribution is 2.37. The van der Waals surface area contributed by atoms with Crippen LogP contribution in [0.3, 0.4) is 0 Å². The Kier molecular flexibility index (Phi) is 6.10. The molecule has 0 saturated carbocycles. The molecule has 2 aromatic rings. The lowest BCUT2D eigenvalue weighted by Gasteiger charge is -2.36. The van der Waals surface area contributed by atoms with E-state index in [0.29, 0.717) is 18.8 Å². The van der Waals surface area contributed by atoms with Gasteiger partial charge < -0.3 is 19.9 Å². The fourth-order valence-corrected chi connectivity index (χ4v) is 4.33. The van der Waals surface area contributed by atoms with E-state index in [1.165, 1.54) is 24.4 Å². The number of pyridine rings is 1. The van der Waals surface area contributed by atoms with Crippen molar-refractivity contribution in [3.8, 4) is 0 Å². The Morgan fingerprint density at radius 3 is 2.53 bits per heavy atom. The molecule has 2 aliphatic heterocycles. The number of likely N-dealkylation sites (tertiary alicyclic amines) is 1. The summed E-state index contributed by atoms with van der Waals surface area (Å²) in [6.45, 7) is 5.08. The average Bonchev–Trinajstić information content (AvgIpc) is 3.16. The molecule has 0 radical (unpaired) electrons. The molecule has 2 fully saturated rings. The molecule has 7 nitrogen and oxygen atoms in total. The van der Waals surface area contributed by atoms with Crippen LogP contribution in [0.5, 0.6) is 0 Å². The number of hydrogen-bond donors (Lipinski definition) is 1. The van der Waals surface area contributed by atoms with Crippen LogP contribution in [0, 0.1) is 5.82 Å². The van der Waals surface area contributed by atoms with Gasteiger partial charge in [0.2, 0.25) is 0 Å². The summed E-state index contributed by atoms with van der Waals surface area (Å²) in [5.41, 5.74) is -1.75. The maximum absolute atomic E-state index is 15.3. The molecule has 0 bridgehead atoms. The van der Waals surface area contributed by atoms with E-state index < -0.39 is 23.3 Å². The minimum Gasteiger partial charge on any atom is -0.372 e. The van der Waals surface area contributed by atoms with Gasteiger partial charge in [0.05, 0.1) is 30.6 Å². The summed E-state index contributed by atoms with van der Waals surface area (Å²) < 4.78 is 35.0. The van der Waals surface area contributed by atoms with Gasteiger partial charge in [-0.1, -0.05) is 18.2 Å². The van der Waals surface area contributed by atoms with Crippen LogP contribution in [0.1, 0.15) is 25.8 Å². The summed E-state index contributed by atoms with van der Waals surface area (Å²) in [5.74, 6) is -1.65. The number of anilines is 2. The zero-order chi connectivity index (χ0) is 22.9. The molecule has 2 amide bonds. The van der Waals surface area contributed by atoms with Crippen LogP contribution in [0.2, 0.25) is 0 Å². The molecule has 3 unspecified atom stereocenters. The molecule has 2 aliphatic rings. The van der Waals surface area contributed by atoms with Crippen molar-refractivity contribution in [2.24, 2.45) is 0 Å². The Hall–Kier alpha value is -3.07. The molecule has 9 heteroatoms. The van der Waals surface area contributed by atoms with Gasteiger partial charge in [0, 0.05) is 31.6 Å². The Labute approximate surface area is 185 Å². The summed E-state index contributed by atoms with van der Waals surface area (Å²) in [6, 6.07) is 9.01. The van der Waals surface area contributed by atoms with Gasteiger partial charge in [0.25, 0.3) is 0 Å². The fraction of sp³-hybridized carbons (Fsp3) is 0.435. The Morgan fingerprint density at radius 1 is 1.16 bits per heavy atom. The largest absolute Gasteiger partial charge is 0.372 e. The van der Waals surface area contributed by atoms with Crippen molar-refractivity contribution in [2.75, 3.05) is 36.4 Å². The van der Waals surface area contributed by atoms with Crippen LogP contribution in [0.4, 0.5) is 20.3 Å². The molecule has 3 heterocycles. The Bertz CT molecular complexity index is 993. The zero-order valence-electron chi connectivity index (χ0n) is 18.1. The average molecular weight is 444 g/mol. The van der Waals surface area contributed by atoms with Gasteiger partial charge in [0.15, 0.2) is 5.67 Å². The fourth-order valence-electron chi connectivity index (χ4n) is 4.33. The predicted molar refractivity (Wildman–Crippen MR) is 115 cm³/mol. The summed E-state index contributed by atoms with van der Waals surface area (Å²) in [4.78, 5) is 32.6. The van der Waals surface area contributed by atoms with Crippen molar-refractivity contribution in [1.82, 2.24) is 9.88 Å². The lowest BCUT2D eigenvalue weighted by Crippen LogP contribution is -2.45. The quantitative estimate of drug-likeness (QED) is 0.737. The second-order valence-electron chi connectivity index (χ2n) is 8.44. The van der Waals surface area contributed by atoms with Crippen LogP contribution in [0.15, 0.2) is 42.6 Å². The number of carbonyl (C=O) groups excluding carboxylic acids is 2. The predicted octanol–water partition coefficient (Wildman–Crippen LogP) is 2.87. The molecule has 170 valence electrons. The van der Waals surface area contributed by atoms with Gasteiger partial charge in [0.1, 0.15) is 11.6 Å². The van der Waals surface area contributed by atoms with Gasteiger partial charge in [-0.15, -0.1) is 0 Å². The lowest BCUT2D eigenvalue weighted by molar-refractivity contribution is -0.142. The molecule has 0 spiro atoms. The monoisotopic (exact) mass is 444 g/mol. The van der Waals surface area contributed by atoms with Gasteiger partial charge in [-0.05, 0) is 32.0 Å². The number of hydrogen-bond acceptors (Lipinski definition) is 5. The number of nitrogens with zero attached hydrogens (tertiary/aromatic N) is 3. The van der Waals surface area contributed by atoms with Gasteiger partial charge in [-0.2, -0.15) is 0 Å². The van der Waals surface area contributed by atoms with Gasteiger partial charge in [-0.25, -0.2) is 13.8 Å². The van der Waals surface area contributed by atoms with E-state index in [0.717, 1.165) is 10.7 Å². The molecular weight excluding hydrogens is 418 g/mol. The summed E-state index contributed by atoms with van der Waals surface area (Å²) in [6.07, 6.45) is 1.59. The third-order valence-electron chi connectivity index (χ3n) is 5.81. The van der Waals surface area contributed by atoms with Gasteiger partial charge >= 0.3 is 11.8 Å². The number of nitrogens with one attached hydrogen (secondary N) is 1. The first kappa shape index (κ1) is 22.1. The molecule has 2 saturated heterocycles. The van der Waals surface area contributed by atoms with Crippen molar-refractivity contribution in [2.45, 2.75) is 38.1 Å². The van der Waals surface area contributed by atoms with Crippen LogP contribution < -0.4 is 10.2 Å². The number of alkyl halides is 1. The van der Waals surface area contributed by atoms with Crippen LogP contribution in [-0.4, -0.2) is 60.1 Å². The van der Waals surface area contributed by atoms with Crippen molar-refractivity contribution in [3.05, 3.63) is 54.0 Å². The number of rotatable bonds is 3. The van der Waals surface area contributed by atoms with E-state index in [-0.39, 0.29) is 37.3 Å². The van der Waals surface area contributed by atoms with Crippen LogP contribution >= 0.6 is 0 Å². The molecule has 1 aromatic heterocycles. The maximum Gasteiger partial charge on any atom is 0.313 e. The molecular formula is C23H26F2N4O3. The number of halogens is 2. The molecule has 32 heavy (non-hydrogen) atoms. The third kappa shape index (κ3) is 4.57. The zero-order valence-corrected chi connectivity index (χ0v) is 18.1. The topological polar surface area (TPSA) is 74.8 Å². The first-order chi connectivity index (χ1) is 15.2. The minimum atomic E-state index is -2.02. The van der Waals surface area contributed by atoms with E-state index in [1.54, 1.807) is 18.2 Å². The smallest absolute Gasteiger partial charge is 0.313 e. The normalized spacial score (nSPS) is 25.6. The standard InChI is InChI=1S/C23H26F2N4O3/c1-15-12-29(13-16(2)32-15)20-8-7-17(11-26-20)27-21(30)22(31)28-10-9-23(25,14-28)18-5-3-4-6-19(18)24/h3-8,11,15-16H,9-10,12-14H2,1-2H3,(H,27,30). The molecule has 3 atom stereocenters. The highest BCUT2D eigenvalue weighted by molar-refractivity contribution is 6.39. The first-order valence-electron chi connectivity index (χ1n) is 10.7. The number of aromatic nitrogens is 1. The number of morpholine rings is 1. The number of benzene rings is 1. The SMILES string of the molecule is CC1CN(c2ccc(NC(=O)C(=O)N3CCC(F)(c4ccccc4F)C3)cn2)CC(C)O1. The van der Waals surface area contributed by atoms with Crippen molar-refractivity contribution >= 4 is 23.3 Å². The van der Waals surface area contributed by atoms with Crippen LogP contribution in [-0.2, 0) is 20.0 Å². The number of ether oxygens (including phenoxy) is 1. The third-order valence-corrected chi connectivity index (χ3v) is 5.81. The Morgan fingerprint density at radius 2 is 1.88 bits per heavy atom. The molecule has 0 aliphatic carbocycles. The highest BCUT2D eigenvalue weighted by Gasteiger charge is 2.44. The molecule has 1 N–H and O–H groups in total. The van der Waals surface area contributed by atoms with E-state index in [9.17, 15) is 14.0 Å². The maximum atomic E-state index is 15.3. The second kappa shape index (κ2) is 8.82. The highest BCUT2D eigenvalue weighted by atomic mass is 19.1. The van der Waals surface area contributed by atoms with Gasteiger partial charge in [-0.3, -0.25) is 9.59 Å². The number of amides is 2. The Balaban J connectivity index is 1.37. The molecule has 4 rings (SSSR count). The van der Waals surface area contributed by atoms with E-state index in [2.05, 4.69) is 15.2 Å². The summed E-state index contributed by atoms with van der Waals surface area (Å²) in [7, 11) is 0. The number of carbonyl (C=O) groups is 2. The summed E-state index contributed by atoms with van der Waals surface area (Å²) >= 11 is 0. The van der Waals surface area contributed by atoms with E-state index in [1.807, 2.05) is 13.8 Å². The van der Waals surface area contributed by atoms with Crippen molar-refractivity contribution in [1.29, 1.82) is 0 Å². The van der Waals surface area contributed by atoms with Crippen molar-refractivity contribution < 1.29 is 23.1 Å². The second-order valence-corrected chi connectivity index (χ2v) is 8.44.